The van der Waals surface area contributed by atoms with Gasteiger partial charge in [0.05, 0.1) is 11.9 Å². The molecule has 1 aliphatic carbocycles. The Bertz CT molecular complexity index is 648. The molecule has 0 atom stereocenters. The SMILES string of the molecule is COC1(CNC(=O)C=Cc2ccco2)Cc2ccccc2C1. The highest BCUT2D eigenvalue weighted by Gasteiger charge is 2.37. The maximum Gasteiger partial charge on any atom is 0.244 e. The Labute approximate surface area is 129 Å². The minimum atomic E-state index is -0.349. The first-order valence-corrected chi connectivity index (χ1v) is 7.32. The van der Waals surface area contributed by atoms with Crippen molar-refractivity contribution in [1.82, 2.24) is 5.32 Å². The highest BCUT2D eigenvalue weighted by atomic mass is 16.5. The van der Waals surface area contributed by atoms with E-state index in [9.17, 15) is 4.79 Å². The number of carbonyl (C=O) groups excluding carboxylic acids is 1. The van der Waals surface area contributed by atoms with E-state index in [0.29, 0.717) is 12.3 Å². The fraction of sp³-hybridized carbons (Fsp3) is 0.278. The highest BCUT2D eigenvalue weighted by molar-refractivity contribution is 5.91. The molecule has 1 N–H and O–H groups in total. The summed E-state index contributed by atoms with van der Waals surface area (Å²) in [5.74, 6) is 0.508. The van der Waals surface area contributed by atoms with Crippen LogP contribution in [-0.2, 0) is 22.4 Å². The monoisotopic (exact) mass is 297 g/mol. The molecule has 2 aromatic rings. The van der Waals surface area contributed by atoms with Crippen molar-refractivity contribution in [2.45, 2.75) is 18.4 Å². The van der Waals surface area contributed by atoms with Crippen LogP contribution in [0.3, 0.4) is 0 Å². The van der Waals surface area contributed by atoms with Gasteiger partial charge in [-0.05, 0) is 29.3 Å². The molecule has 0 spiro atoms. The van der Waals surface area contributed by atoms with Crippen molar-refractivity contribution in [3.05, 3.63) is 65.6 Å². The van der Waals surface area contributed by atoms with Crippen LogP contribution in [0.1, 0.15) is 16.9 Å². The van der Waals surface area contributed by atoms with Gasteiger partial charge >= 0.3 is 0 Å². The van der Waals surface area contributed by atoms with Gasteiger partial charge in [0.15, 0.2) is 0 Å². The quantitative estimate of drug-likeness (QED) is 0.863. The molecule has 0 aliphatic heterocycles. The fourth-order valence-corrected chi connectivity index (χ4v) is 2.85. The molecule has 0 radical (unpaired) electrons. The molecule has 0 fully saturated rings. The molecular formula is C18H19NO3. The van der Waals surface area contributed by atoms with Crippen LogP contribution >= 0.6 is 0 Å². The number of rotatable bonds is 5. The van der Waals surface area contributed by atoms with E-state index >= 15 is 0 Å². The van der Waals surface area contributed by atoms with Crippen LogP contribution in [0.25, 0.3) is 6.08 Å². The van der Waals surface area contributed by atoms with Gasteiger partial charge in [0.1, 0.15) is 5.76 Å². The Morgan fingerprint density at radius 1 is 1.27 bits per heavy atom. The van der Waals surface area contributed by atoms with E-state index in [-0.39, 0.29) is 11.5 Å². The van der Waals surface area contributed by atoms with Gasteiger partial charge in [0.25, 0.3) is 0 Å². The van der Waals surface area contributed by atoms with Gasteiger partial charge in [0.2, 0.25) is 5.91 Å². The third-order valence-corrected chi connectivity index (χ3v) is 4.10. The molecule has 1 amide bonds. The van der Waals surface area contributed by atoms with Crippen LogP contribution in [0.5, 0.6) is 0 Å². The van der Waals surface area contributed by atoms with Crippen molar-refractivity contribution in [1.29, 1.82) is 0 Å². The Morgan fingerprint density at radius 2 is 2.00 bits per heavy atom. The lowest BCUT2D eigenvalue weighted by Gasteiger charge is -2.27. The lowest BCUT2D eigenvalue weighted by molar-refractivity contribution is -0.118. The number of hydrogen-bond acceptors (Lipinski definition) is 3. The van der Waals surface area contributed by atoms with Gasteiger partial charge < -0.3 is 14.5 Å². The number of amides is 1. The van der Waals surface area contributed by atoms with Crippen LogP contribution in [0, 0.1) is 0 Å². The third kappa shape index (κ3) is 3.12. The summed E-state index contributed by atoms with van der Waals surface area (Å²) in [6.07, 6.45) is 6.35. The number of hydrogen-bond donors (Lipinski definition) is 1. The predicted molar refractivity (Wildman–Crippen MR) is 84.3 cm³/mol. The summed E-state index contributed by atoms with van der Waals surface area (Å²) in [5.41, 5.74) is 2.24. The van der Waals surface area contributed by atoms with Crippen LogP contribution in [0.15, 0.2) is 53.2 Å². The molecule has 0 unspecified atom stereocenters. The number of furan rings is 1. The van der Waals surface area contributed by atoms with Gasteiger partial charge in [0, 0.05) is 32.6 Å². The number of benzene rings is 1. The molecule has 0 bridgehead atoms. The van der Waals surface area contributed by atoms with E-state index in [1.807, 2.05) is 12.1 Å². The van der Waals surface area contributed by atoms with E-state index in [1.165, 1.54) is 17.2 Å². The van der Waals surface area contributed by atoms with Crippen molar-refractivity contribution >= 4 is 12.0 Å². The highest BCUT2D eigenvalue weighted by Crippen LogP contribution is 2.32. The lowest BCUT2D eigenvalue weighted by Crippen LogP contribution is -2.44. The van der Waals surface area contributed by atoms with Gasteiger partial charge in [-0.15, -0.1) is 0 Å². The van der Waals surface area contributed by atoms with Gasteiger partial charge in [-0.2, -0.15) is 0 Å². The number of ether oxygens (including phenoxy) is 1. The summed E-state index contributed by atoms with van der Waals surface area (Å²) in [4.78, 5) is 11.9. The number of methoxy groups -OCH3 is 1. The van der Waals surface area contributed by atoms with E-state index in [0.717, 1.165) is 12.8 Å². The Kier molecular flexibility index (Phi) is 4.11. The Balaban J connectivity index is 1.59. The summed E-state index contributed by atoms with van der Waals surface area (Å²) in [5, 5.41) is 2.92. The molecule has 1 aromatic carbocycles. The van der Waals surface area contributed by atoms with E-state index in [1.54, 1.807) is 31.6 Å². The number of nitrogens with one attached hydrogen (secondary N) is 1. The van der Waals surface area contributed by atoms with Crippen LogP contribution in [0.4, 0.5) is 0 Å². The molecule has 114 valence electrons. The van der Waals surface area contributed by atoms with E-state index < -0.39 is 0 Å². The molecule has 1 aliphatic rings. The average molecular weight is 297 g/mol. The molecule has 1 aromatic heterocycles. The van der Waals surface area contributed by atoms with Gasteiger partial charge in [-0.25, -0.2) is 0 Å². The topological polar surface area (TPSA) is 51.5 Å². The smallest absolute Gasteiger partial charge is 0.244 e. The van der Waals surface area contributed by atoms with Crippen molar-refractivity contribution < 1.29 is 13.9 Å². The van der Waals surface area contributed by atoms with E-state index in [4.69, 9.17) is 9.15 Å². The standard InChI is InChI=1S/C18H19NO3/c1-21-18(11-14-5-2-3-6-15(14)12-18)13-19-17(20)9-8-16-7-4-10-22-16/h2-10H,11-13H2,1H3,(H,19,20). The zero-order valence-electron chi connectivity index (χ0n) is 12.5. The molecule has 4 heteroatoms. The summed E-state index contributed by atoms with van der Waals surface area (Å²) in [6, 6.07) is 11.9. The number of fused-ring (bicyclic) bond motifs is 1. The Hall–Kier alpha value is -2.33. The molecule has 0 saturated carbocycles. The number of carbonyl (C=O) groups is 1. The lowest BCUT2D eigenvalue weighted by atomic mass is 10.00. The van der Waals surface area contributed by atoms with Crippen molar-refractivity contribution in [2.75, 3.05) is 13.7 Å². The van der Waals surface area contributed by atoms with Crippen molar-refractivity contribution in [3.63, 3.8) is 0 Å². The first-order chi connectivity index (χ1) is 10.7. The van der Waals surface area contributed by atoms with Crippen LogP contribution in [0.2, 0.25) is 0 Å². The second-order valence-corrected chi connectivity index (χ2v) is 5.58. The molecule has 22 heavy (non-hydrogen) atoms. The first kappa shape index (κ1) is 14.6. The molecule has 1 heterocycles. The molecule has 4 nitrogen and oxygen atoms in total. The summed E-state index contributed by atoms with van der Waals surface area (Å²) < 4.78 is 10.9. The largest absolute Gasteiger partial charge is 0.465 e. The average Bonchev–Trinajstić information content (AvgIpc) is 3.18. The van der Waals surface area contributed by atoms with E-state index in [2.05, 4.69) is 17.4 Å². The van der Waals surface area contributed by atoms with Gasteiger partial charge in [-0.3, -0.25) is 4.79 Å². The minimum Gasteiger partial charge on any atom is -0.465 e. The summed E-state index contributed by atoms with van der Waals surface area (Å²) >= 11 is 0. The summed E-state index contributed by atoms with van der Waals surface area (Å²) in [7, 11) is 1.71. The summed E-state index contributed by atoms with van der Waals surface area (Å²) in [6.45, 7) is 0.486. The van der Waals surface area contributed by atoms with Crippen molar-refractivity contribution in [3.8, 4) is 0 Å². The maximum absolute atomic E-state index is 11.9. The minimum absolute atomic E-state index is 0.149. The second-order valence-electron chi connectivity index (χ2n) is 5.58. The van der Waals surface area contributed by atoms with Crippen LogP contribution < -0.4 is 5.32 Å². The maximum atomic E-state index is 11.9. The molecular weight excluding hydrogens is 278 g/mol. The predicted octanol–water partition coefficient (Wildman–Crippen LogP) is 2.59. The Morgan fingerprint density at radius 3 is 2.59 bits per heavy atom. The van der Waals surface area contributed by atoms with Crippen molar-refractivity contribution in [2.24, 2.45) is 0 Å². The first-order valence-electron chi connectivity index (χ1n) is 7.32. The second kappa shape index (κ2) is 6.20. The fourth-order valence-electron chi connectivity index (χ4n) is 2.85. The normalized spacial score (nSPS) is 15.9. The zero-order chi connectivity index (χ0) is 15.4. The van der Waals surface area contributed by atoms with Crippen LogP contribution in [-0.4, -0.2) is 25.2 Å². The molecule has 3 rings (SSSR count). The molecule has 0 saturated heterocycles. The zero-order valence-corrected chi connectivity index (χ0v) is 12.5. The third-order valence-electron chi connectivity index (χ3n) is 4.10. The van der Waals surface area contributed by atoms with Gasteiger partial charge in [-0.1, -0.05) is 24.3 Å².